The van der Waals surface area contributed by atoms with Crippen molar-refractivity contribution in [3.63, 3.8) is 0 Å². The maximum Gasteiger partial charge on any atom is 0.235 e. The normalized spacial score (nSPS) is 11.9. The van der Waals surface area contributed by atoms with E-state index in [-0.39, 0.29) is 11.2 Å². The molecule has 0 saturated carbocycles. The summed E-state index contributed by atoms with van der Waals surface area (Å²) in [5.41, 5.74) is 0. The van der Waals surface area contributed by atoms with E-state index in [1.807, 2.05) is 30.5 Å². The van der Waals surface area contributed by atoms with Crippen LogP contribution in [0.2, 0.25) is 0 Å². The SMILES string of the molecule is C[C@@H](Sc1n[nH]c(-c2cccs2)n1)C(=O)N(C)CCC#N. The maximum atomic E-state index is 12.1. The van der Waals surface area contributed by atoms with Crippen LogP contribution in [0, 0.1) is 11.3 Å². The van der Waals surface area contributed by atoms with Gasteiger partial charge in [0.25, 0.3) is 0 Å². The lowest BCUT2D eigenvalue weighted by Crippen LogP contribution is -2.33. The summed E-state index contributed by atoms with van der Waals surface area (Å²) in [5, 5.41) is 17.8. The second-order valence-electron chi connectivity index (χ2n) is 4.37. The number of thioether (sulfide) groups is 1. The van der Waals surface area contributed by atoms with Crippen molar-refractivity contribution >= 4 is 29.0 Å². The molecule has 6 nitrogen and oxygen atoms in total. The number of hydrogen-bond acceptors (Lipinski definition) is 6. The van der Waals surface area contributed by atoms with Gasteiger partial charge in [0.1, 0.15) is 0 Å². The fourth-order valence-corrected chi connectivity index (χ4v) is 3.17. The Kier molecular flexibility index (Phi) is 5.36. The summed E-state index contributed by atoms with van der Waals surface area (Å²) in [6.07, 6.45) is 0.336. The van der Waals surface area contributed by atoms with E-state index < -0.39 is 0 Å². The molecule has 2 aromatic heterocycles. The molecule has 0 aliphatic carbocycles. The summed E-state index contributed by atoms with van der Waals surface area (Å²) in [4.78, 5) is 19.1. The smallest absolute Gasteiger partial charge is 0.235 e. The van der Waals surface area contributed by atoms with Crippen molar-refractivity contribution in [1.82, 2.24) is 20.1 Å². The fourth-order valence-electron chi connectivity index (χ4n) is 1.67. The lowest BCUT2D eigenvalue weighted by molar-refractivity contribution is -0.128. The summed E-state index contributed by atoms with van der Waals surface area (Å²) in [6, 6.07) is 5.94. The molecule has 21 heavy (non-hydrogen) atoms. The molecule has 0 fully saturated rings. The highest BCUT2D eigenvalue weighted by Crippen LogP contribution is 2.25. The molecule has 1 amide bonds. The number of H-pyrrole nitrogens is 1. The van der Waals surface area contributed by atoms with Crippen molar-refractivity contribution in [2.45, 2.75) is 23.8 Å². The number of thiophene rings is 1. The van der Waals surface area contributed by atoms with Gasteiger partial charge in [-0.05, 0) is 18.4 Å². The molecule has 1 atom stereocenters. The van der Waals surface area contributed by atoms with Gasteiger partial charge in [-0.25, -0.2) is 4.98 Å². The van der Waals surface area contributed by atoms with Gasteiger partial charge in [-0.1, -0.05) is 17.8 Å². The molecule has 0 bridgehead atoms. The van der Waals surface area contributed by atoms with Crippen LogP contribution in [-0.2, 0) is 4.79 Å². The molecule has 1 N–H and O–H groups in total. The average molecular weight is 321 g/mol. The Morgan fingerprint density at radius 1 is 1.67 bits per heavy atom. The number of rotatable bonds is 6. The maximum absolute atomic E-state index is 12.1. The van der Waals surface area contributed by atoms with Crippen LogP contribution in [0.4, 0.5) is 0 Å². The highest BCUT2D eigenvalue weighted by Gasteiger charge is 2.20. The number of hydrogen-bond donors (Lipinski definition) is 1. The fraction of sp³-hybridized carbons (Fsp3) is 0.385. The molecule has 0 aromatic carbocycles. The van der Waals surface area contributed by atoms with Crippen molar-refractivity contribution in [2.75, 3.05) is 13.6 Å². The first kappa shape index (κ1) is 15.5. The van der Waals surface area contributed by atoms with Gasteiger partial charge >= 0.3 is 0 Å². The lowest BCUT2D eigenvalue weighted by Gasteiger charge is -2.18. The van der Waals surface area contributed by atoms with Crippen LogP contribution in [0.3, 0.4) is 0 Å². The highest BCUT2D eigenvalue weighted by molar-refractivity contribution is 8.00. The molecule has 2 rings (SSSR count). The van der Waals surface area contributed by atoms with E-state index in [1.54, 1.807) is 23.3 Å². The zero-order valence-electron chi connectivity index (χ0n) is 11.7. The molecule has 0 spiro atoms. The van der Waals surface area contributed by atoms with Crippen LogP contribution in [-0.4, -0.2) is 44.8 Å². The largest absolute Gasteiger partial charge is 0.344 e. The molecule has 0 aliphatic rings. The van der Waals surface area contributed by atoms with Gasteiger partial charge < -0.3 is 4.90 Å². The molecule has 8 heteroatoms. The first-order valence-corrected chi connectivity index (χ1v) is 8.12. The lowest BCUT2D eigenvalue weighted by atomic mass is 10.3. The number of nitrogens with one attached hydrogen (secondary N) is 1. The van der Waals surface area contributed by atoms with E-state index in [1.165, 1.54) is 11.8 Å². The van der Waals surface area contributed by atoms with Crippen LogP contribution >= 0.6 is 23.1 Å². The zero-order valence-corrected chi connectivity index (χ0v) is 13.4. The second kappa shape index (κ2) is 7.24. The van der Waals surface area contributed by atoms with Gasteiger partial charge in [0.05, 0.1) is 22.6 Å². The third kappa shape index (κ3) is 4.06. The zero-order chi connectivity index (χ0) is 15.2. The Morgan fingerprint density at radius 2 is 2.48 bits per heavy atom. The van der Waals surface area contributed by atoms with Crippen molar-refractivity contribution in [3.05, 3.63) is 17.5 Å². The minimum absolute atomic E-state index is 0.0299. The van der Waals surface area contributed by atoms with Crippen LogP contribution in [0.15, 0.2) is 22.7 Å². The Balaban J connectivity index is 1.95. The Morgan fingerprint density at radius 3 is 3.14 bits per heavy atom. The van der Waals surface area contributed by atoms with Crippen molar-refractivity contribution in [3.8, 4) is 16.8 Å². The Labute approximate surface area is 131 Å². The molecule has 0 aliphatic heterocycles. The number of aromatic nitrogens is 3. The van der Waals surface area contributed by atoms with Crippen LogP contribution < -0.4 is 0 Å². The monoisotopic (exact) mass is 321 g/mol. The molecule has 2 heterocycles. The van der Waals surface area contributed by atoms with E-state index in [0.29, 0.717) is 23.9 Å². The first-order chi connectivity index (χ1) is 10.1. The molecule has 0 unspecified atom stereocenters. The Bertz CT molecular complexity index is 631. The molecule has 0 saturated heterocycles. The number of nitrogens with zero attached hydrogens (tertiary/aromatic N) is 4. The van der Waals surface area contributed by atoms with E-state index in [2.05, 4.69) is 15.2 Å². The van der Waals surface area contributed by atoms with Crippen molar-refractivity contribution in [1.29, 1.82) is 5.26 Å². The van der Waals surface area contributed by atoms with E-state index in [4.69, 9.17) is 5.26 Å². The predicted octanol–water partition coefficient (Wildman–Crippen LogP) is 2.39. The summed E-state index contributed by atoms with van der Waals surface area (Å²) in [7, 11) is 1.70. The quantitative estimate of drug-likeness (QED) is 0.826. The summed E-state index contributed by atoms with van der Waals surface area (Å²) < 4.78 is 0. The number of carbonyl (C=O) groups excluding carboxylic acids is 1. The average Bonchev–Trinajstić information content (AvgIpc) is 3.14. The second-order valence-corrected chi connectivity index (χ2v) is 6.63. The minimum Gasteiger partial charge on any atom is -0.344 e. The molecule has 2 aromatic rings. The summed E-state index contributed by atoms with van der Waals surface area (Å²) in [5.74, 6) is 0.683. The van der Waals surface area contributed by atoms with Gasteiger partial charge in [-0.2, -0.15) is 5.26 Å². The molecule has 0 radical (unpaired) electrons. The third-order valence-electron chi connectivity index (χ3n) is 2.78. The van der Waals surface area contributed by atoms with Crippen molar-refractivity contribution < 1.29 is 4.79 Å². The summed E-state index contributed by atoms with van der Waals surface area (Å²) in [6.45, 7) is 2.26. The number of carbonyl (C=O) groups is 1. The first-order valence-electron chi connectivity index (χ1n) is 6.36. The van der Waals surface area contributed by atoms with Gasteiger partial charge in [0.2, 0.25) is 11.1 Å². The third-order valence-corrected chi connectivity index (χ3v) is 4.61. The molecule has 110 valence electrons. The minimum atomic E-state index is -0.291. The standard InChI is InChI=1S/C13H15N5OS2/c1-9(12(19)18(2)7-4-6-14)21-13-15-11(16-17-13)10-5-3-8-20-10/h3,5,8-9H,4,7H2,1-2H3,(H,15,16,17)/t9-/m1/s1. The topological polar surface area (TPSA) is 85.7 Å². The van der Waals surface area contributed by atoms with Gasteiger partial charge in [-0.15, -0.1) is 16.4 Å². The van der Waals surface area contributed by atoms with E-state index >= 15 is 0 Å². The molecular formula is C13H15N5OS2. The molecular weight excluding hydrogens is 306 g/mol. The Hall–Kier alpha value is -1.85. The van der Waals surface area contributed by atoms with Crippen LogP contribution in [0.1, 0.15) is 13.3 Å². The van der Waals surface area contributed by atoms with Crippen LogP contribution in [0.25, 0.3) is 10.7 Å². The summed E-state index contributed by atoms with van der Waals surface area (Å²) >= 11 is 2.89. The highest BCUT2D eigenvalue weighted by atomic mass is 32.2. The predicted molar refractivity (Wildman–Crippen MR) is 82.9 cm³/mol. The van der Waals surface area contributed by atoms with Crippen molar-refractivity contribution in [2.24, 2.45) is 0 Å². The van der Waals surface area contributed by atoms with Gasteiger partial charge in [0.15, 0.2) is 5.82 Å². The van der Waals surface area contributed by atoms with Gasteiger partial charge in [-0.3, -0.25) is 9.89 Å². The number of aromatic amines is 1. The number of amides is 1. The number of nitriles is 1. The van der Waals surface area contributed by atoms with Gasteiger partial charge in [0, 0.05) is 13.6 Å². The van der Waals surface area contributed by atoms with E-state index in [9.17, 15) is 4.79 Å². The van der Waals surface area contributed by atoms with Crippen LogP contribution in [0.5, 0.6) is 0 Å². The van der Waals surface area contributed by atoms with E-state index in [0.717, 1.165) is 4.88 Å².